The molecule has 1 heterocycles. The van der Waals surface area contributed by atoms with Crippen molar-refractivity contribution in [1.82, 2.24) is 10.6 Å². The molecule has 4 N–H and O–H groups in total. The van der Waals surface area contributed by atoms with Gasteiger partial charge < -0.3 is 25.9 Å². The van der Waals surface area contributed by atoms with Crippen molar-refractivity contribution < 1.29 is 23.9 Å². The molecule has 0 saturated carbocycles. The maximum atomic E-state index is 12.8. The third kappa shape index (κ3) is 7.96. The maximum Gasteiger partial charge on any atom is 0.318 e. The highest BCUT2D eigenvalue weighted by Gasteiger charge is 2.38. The first kappa shape index (κ1) is 24.1. The second-order valence-electron chi connectivity index (χ2n) is 8.20. The third-order valence-corrected chi connectivity index (χ3v) is 4.90. The number of hydrogen-bond acceptors (Lipinski definition) is 6. The smallest absolute Gasteiger partial charge is 0.318 e. The highest BCUT2D eigenvalue weighted by molar-refractivity contribution is 5.99. The molecule has 1 saturated heterocycles. The number of nitrogens with one attached hydrogen (secondary N) is 2. The summed E-state index contributed by atoms with van der Waals surface area (Å²) in [5.74, 6) is -2.43. The zero-order chi connectivity index (χ0) is 21.2. The van der Waals surface area contributed by atoms with Crippen molar-refractivity contribution in [2.45, 2.75) is 64.8 Å². The molecule has 1 rings (SSSR count). The topological polar surface area (TPSA) is 128 Å². The Morgan fingerprint density at radius 1 is 1.36 bits per heavy atom. The number of amides is 2. The van der Waals surface area contributed by atoms with Crippen LogP contribution in [0.4, 0.5) is 0 Å². The Kier molecular flexibility index (Phi) is 10.1. The van der Waals surface area contributed by atoms with Crippen molar-refractivity contribution in [3.63, 3.8) is 0 Å². The lowest BCUT2D eigenvalue weighted by Gasteiger charge is -2.29. The summed E-state index contributed by atoms with van der Waals surface area (Å²) in [5.41, 5.74) is 4.23. The molecule has 0 bridgehead atoms. The van der Waals surface area contributed by atoms with Crippen molar-refractivity contribution in [3.05, 3.63) is 0 Å². The zero-order valence-electron chi connectivity index (χ0n) is 17.3. The summed E-state index contributed by atoms with van der Waals surface area (Å²) >= 11 is 0. The van der Waals surface area contributed by atoms with E-state index in [0.29, 0.717) is 38.6 Å². The van der Waals surface area contributed by atoms with E-state index in [9.17, 15) is 19.2 Å². The lowest BCUT2D eigenvalue weighted by Crippen LogP contribution is -2.52. The van der Waals surface area contributed by atoms with E-state index in [-0.39, 0.29) is 30.8 Å². The van der Waals surface area contributed by atoms with E-state index in [2.05, 4.69) is 10.6 Å². The molecule has 160 valence electrons. The Bertz CT molecular complexity index is 552. The lowest BCUT2D eigenvalue weighted by molar-refractivity contribution is -0.154. The van der Waals surface area contributed by atoms with Gasteiger partial charge in [0.1, 0.15) is 12.2 Å². The summed E-state index contributed by atoms with van der Waals surface area (Å²) in [6, 6.07) is 0. The molecule has 2 unspecified atom stereocenters. The standard InChI is InChI=1S/C20H35N3O5/c1-14(2)11-16(19(27)28-10-6-4-5-8-21)18(26)23-20(3,13-24)12-15-7-9-22-17(15)25/h13-16H,4-12,21H2,1-3H3,(H,22,25)(H,23,26)/t15?,16-,20?/m0/s1. The van der Waals surface area contributed by atoms with Crippen molar-refractivity contribution in [2.75, 3.05) is 19.7 Å². The number of carbonyl (C=O) groups excluding carboxylic acids is 4. The molecule has 0 aliphatic carbocycles. The summed E-state index contributed by atoms with van der Waals surface area (Å²) in [7, 11) is 0. The van der Waals surface area contributed by atoms with Crippen LogP contribution in [0.2, 0.25) is 0 Å². The lowest BCUT2D eigenvalue weighted by atomic mass is 9.87. The van der Waals surface area contributed by atoms with Crippen molar-refractivity contribution in [2.24, 2.45) is 23.5 Å². The van der Waals surface area contributed by atoms with Crippen LogP contribution in [-0.4, -0.2) is 49.3 Å². The van der Waals surface area contributed by atoms with Crippen LogP contribution in [0.5, 0.6) is 0 Å². The molecule has 8 nitrogen and oxygen atoms in total. The fourth-order valence-corrected chi connectivity index (χ4v) is 3.33. The van der Waals surface area contributed by atoms with E-state index in [1.165, 1.54) is 0 Å². The van der Waals surface area contributed by atoms with E-state index in [1.54, 1.807) is 6.92 Å². The quantitative estimate of drug-likeness (QED) is 0.183. The Balaban J connectivity index is 2.71. The fourth-order valence-electron chi connectivity index (χ4n) is 3.33. The predicted octanol–water partition coefficient (Wildman–Crippen LogP) is 0.921. The van der Waals surface area contributed by atoms with Crippen LogP contribution in [0.25, 0.3) is 0 Å². The summed E-state index contributed by atoms with van der Waals surface area (Å²) in [5, 5.41) is 5.41. The Morgan fingerprint density at radius 3 is 2.61 bits per heavy atom. The molecular weight excluding hydrogens is 362 g/mol. The van der Waals surface area contributed by atoms with Crippen LogP contribution in [0.3, 0.4) is 0 Å². The van der Waals surface area contributed by atoms with Gasteiger partial charge in [-0.3, -0.25) is 14.4 Å². The SMILES string of the molecule is CC(C)C[C@@H](C(=O)NC(C)(C=O)CC1CCNC1=O)C(=O)OCCCCCN. The highest BCUT2D eigenvalue weighted by Crippen LogP contribution is 2.23. The number of ether oxygens (including phenoxy) is 1. The summed E-state index contributed by atoms with van der Waals surface area (Å²) < 4.78 is 5.28. The minimum absolute atomic E-state index is 0.101. The van der Waals surface area contributed by atoms with E-state index in [0.717, 1.165) is 12.8 Å². The van der Waals surface area contributed by atoms with E-state index < -0.39 is 23.3 Å². The molecule has 0 aromatic carbocycles. The molecule has 2 amide bonds. The van der Waals surface area contributed by atoms with Gasteiger partial charge in [-0.1, -0.05) is 13.8 Å². The zero-order valence-corrected chi connectivity index (χ0v) is 17.3. The number of rotatable bonds is 13. The van der Waals surface area contributed by atoms with Crippen LogP contribution in [0, 0.1) is 17.8 Å². The number of aldehydes is 1. The van der Waals surface area contributed by atoms with Gasteiger partial charge >= 0.3 is 5.97 Å². The minimum atomic E-state index is -1.21. The largest absolute Gasteiger partial charge is 0.465 e. The van der Waals surface area contributed by atoms with Crippen LogP contribution in [0.1, 0.15) is 59.3 Å². The first-order valence-corrected chi connectivity index (χ1v) is 10.1. The molecule has 1 aliphatic heterocycles. The molecule has 28 heavy (non-hydrogen) atoms. The molecule has 1 fully saturated rings. The van der Waals surface area contributed by atoms with Gasteiger partial charge in [-0.05, 0) is 57.9 Å². The number of nitrogens with two attached hydrogens (primary N) is 1. The molecule has 0 radical (unpaired) electrons. The van der Waals surface area contributed by atoms with Gasteiger partial charge in [0.05, 0.1) is 12.1 Å². The normalized spacial score (nSPS) is 19.6. The average molecular weight is 398 g/mol. The molecule has 3 atom stereocenters. The van der Waals surface area contributed by atoms with Gasteiger partial charge in [0.15, 0.2) is 0 Å². The average Bonchev–Trinajstić information content (AvgIpc) is 3.03. The Labute approximate surface area is 167 Å². The molecule has 8 heteroatoms. The molecule has 0 aromatic heterocycles. The number of hydrogen-bond donors (Lipinski definition) is 3. The van der Waals surface area contributed by atoms with Crippen LogP contribution < -0.4 is 16.4 Å². The Hall–Kier alpha value is -1.96. The maximum absolute atomic E-state index is 12.8. The highest BCUT2D eigenvalue weighted by atomic mass is 16.5. The molecule has 0 aromatic rings. The van der Waals surface area contributed by atoms with Crippen molar-refractivity contribution >= 4 is 24.1 Å². The van der Waals surface area contributed by atoms with E-state index in [4.69, 9.17) is 10.5 Å². The van der Waals surface area contributed by atoms with Gasteiger partial charge in [-0.2, -0.15) is 0 Å². The number of carbonyl (C=O) groups is 4. The molecule has 1 aliphatic rings. The summed E-state index contributed by atoms with van der Waals surface area (Å²) in [6.07, 6.45) is 4.21. The van der Waals surface area contributed by atoms with Gasteiger partial charge in [-0.25, -0.2) is 0 Å². The van der Waals surface area contributed by atoms with Gasteiger partial charge in [0.25, 0.3) is 0 Å². The minimum Gasteiger partial charge on any atom is -0.465 e. The van der Waals surface area contributed by atoms with Gasteiger partial charge in [0.2, 0.25) is 11.8 Å². The first-order valence-electron chi connectivity index (χ1n) is 10.1. The number of unbranched alkanes of at least 4 members (excludes halogenated alkanes) is 2. The van der Waals surface area contributed by atoms with Crippen LogP contribution >= 0.6 is 0 Å². The first-order chi connectivity index (χ1) is 13.2. The molecular formula is C20H35N3O5. The summed E-state index contributed by atoms with van der Waals surface area (Å²) in [4.78, 5) is 48.7. The molecule has 0 spiro atoms. The monoisotopic (exact) mass is 397 g/mol. The van der Waals surface area contributed by atoms with Crippen LogP contribution in [-0.2, 0) is 23.9 Å². The number of esters is 1. The van der Waals surface area contributed by atoms with E-state index in [1.807, 2.05) is 13.8 Å². The third-order valence-electron chi connectivity index (χ3n) is 4.90. The summed E-state index contributed by atoms with van der Waals surface area (Å²) in [6.45, 7) is 6.81. The fraction of sp³-hybridized carbons (Fsp3) is 0.800. The predicted molar refractivity (Wildman–Crippen MR) is 105 cm³/mol. The van der Waals surface area contributed by atoms with E-state index >= 15 is 0 Å². The second kappa shape index (κ2) is 11.8. The van der Waals surface area contributed by atoms with Crippen molar-refractivity contribution in [1.29, 1.82) is 0 Å². The van der Waals surface area contributed by atoms with Gasteiger partial charge in [0, 0.05) is 12.5 Å². The van der Waals surface area contributed by atoms with Gasteiger partial charge in [-0.15, -0.1) is 0 Å². The Morgan fingerprint density at radius 2 is 2.07 bits per heavy atom. The second-order valence-corrected chi connectivity index (χ2v) is 8.20. The van der Waals surface area contributed by atoms with Crippen molar-refractivity contribution in [3.8, 4) is 0 Å². The van der Waals surface area contributed by atoms with Crippen LogP contribution in [0.15, 0.2) is 0 Å².